The molecule has 1 atom stereocenters. The first-order valence-electron chi connectivity index (χ1n) is 7.78. The fraction of sp³-hybridized carbons (Fsp3) is 0.200. The Morgan fingerprint density at radius 3 is 2.29 bits per heavy atom. The van der Waals surface area contributed by atoms with E-state index in [1.165, 1.54) is 0 Å². The standard InChI is InChI=1S/C20H22O2S2/c1-3-22-15-14-18(23-2)20(24-17-12-8-5-9-13-17)19(21)16-10-6-4-7-11-16/h4-15,19,21H,3H2,1-2H3/b15-14+,20-18+. The second-order valence-electron chi connectivity index (χ2n) is 4.92. The molecule has 0 fully saturated rings. The Morgan fingerprint density at radius 2 is 1.71 bits per heavy atom. The highest BCUT2D eigenvalue weighted by Crippen LogP contribution is 2.41. The summed E-state index contributed by atoms with van der Waals surface area (Å²) in [6, 6.07) is 19.8. The van der Waals surface area contributed by atoms with E-state index in [4.69, 9.17) is 4.74 Å². The van der Waals surface area contributed by atoms with Gasteiger partial charge in [0.2, 0.25) is 0 Å². The molecule has 0 radical (unpaired) electrons. The molecule has 0 aromatic heterocycles. The molecule has 0 spiro atoms. The monoisotopic (exact) mass is 358 g/mol. The quantitative estimate of drug-likeness (QED) is 0.376. The Bertz CT molecular complexity index is 667. The lowest BCUT2D eigenvalue weighted by atomic mass is 10.1. The van der Waals surface area contributed by atoms with Crippen molar-refractivity contribution in [1.29, 1.82) is 0 Å². The van der Waals surface area contributed by atoms with E-state index in [0.29, 0.717) is 6.61 Å². The lowest BCUT2D eigenvalue weighted by molar-refractivity contribution is 0.224. The summed E-state index contributed by atoms with van der Waals surface area (Å²) in [5.41, 5.74) is 0.882. The molecule has 0 saturated carbocycles. The van der Waals surface area contributed by atoms with E-state index in [2.05, 4.69) is 0 Å². The minimum atomic E-state index is -0.676. The molecule has 2 nitrogen and oxygen atoms in total. The van der Waals surface area contributed by atoms with Crippen LogP contribution in [0.25, 0.3) is 0 Å². The first-order valence-corrected chi connectivity index (χ1v) is 9.82. The maximum absolute atomic E-state index is 10.9. The predicted molar refractivity (Wildman–Crippen MR) is 105 cm³/mol. The maximum atomic E-state index is 10.9. The Kier molecular flexibility index (Phi) is 8.02. The molecule has 2 aromatic carbocycles. The van der Waals surface area contributed by atoms with E-state index >= 15 is 0 Å². The summed E-state index contributed by atoms with van der Waals surface area (Å²) in [5, 5.41) is 10.9. The highest BCUT2D eigenvalue weighted by atomic mass is 32.2. The zero-order valence-corrected chi connectivity index (χ0v) is 15.5. The summed E-state index contributed by atoms with van der Waals surface area (Å²) in [6.07, 6.45) is 4.94. The van der Waals surface area contributed by atoms with E-state index in [1.54, 1.807) is 29.8 Å². The van der Waals surface area contributed by atoms with E-state index in [1.807, 2.05) is 79.9 Å². The van der Waals surface area contributed by atoms with Crippen LogP contribution >= 0.6 is 23.5 Å². The van der Waals surface area contributed by atoms with Crippen LogP contribution in [0.15, 0.2) is 87.7 Å². The zero-order chi connectivity index (χ0) is 17.2. The molecule has 0 amide bonds. The van der Waals surface area contributed by atoms with Gasteiger partial charge in [0.25, 0.3) is 0 Å². The average Bonchev–Trinajstić information content (AvgIpc) is 2.65. The third-order valence-electron chi connectivity index (χ3n) is 3.28. The minimum Gasteiger partial charge on any atom is -0.501 e. The van der Waals surface area contributed by atoms with Crippen LogP contribution in [0.2, 0.25) is 0 Å². The summed E-state index contributed by atoms with van der Waals surface area (Å²) < 4.78 is 5.33. The van der Waals surface area contributed by atoms with Crippen molar-refractivity contribution in [2.24, 2.45) is 0 Å². The second kappa shape index (κ2) is 10.3. The number of allylic oxidation sites excluding steroid dienone is 1. The topological polar surface area (TPSA) is 29.5 Å². The highest BCUT2D eigenvalue weighted by molar-refractivity contribution is 8.06. The molecular formula is C20H22O2S2. The van der Waals surface area contributed by atoms with Gasteiger partial charge < -0.3 is 9.84 Å². The van der Waals surface area contributed by atoms with Gasteiger partial charge in [-0.15, -0.1) is 11.8 Å². The lowest BCUT2D eigenvalue weighted by Gasteiger charge is -2.18. The number of hydrogen-bond acceptors (Lipinski definition) is 4. The van der Waals surface area contributed by atoms with Crippen LogP contribution in [0.1, 0.15) is 18.6 Å². The third-order valence-corrected chi connectivity index (χ3v) is 5.38. The fourth-order valence-electron chi connectivity index (χ4n) is 2.10. The van der Waals surface area contributed by atoms with Crippen LogP contribution in [-0.4, -0.2) is 18.0 Å². The van der Waals surface area contributed by atoms with E-state index in [9.17, 15) is 5.11 Å². The number of aliphatic hydroxyl groups is 1. The molecule has 0 aliphatic rings. The van der Waals surface area contributed by atoms with Crippen molar-refractivity contribution in [1.82, 2.24) is 0 Å². The largest absolute Gasteiger partial charge is 0.501 e. The van der Waals surface area contributed by atoms with Gasteiger partial charge in [-0.05, 0) is 37.0 Å². The Labute approximate surface area is 152 Å². The number of aliphatic hydroxyl groups excluding tert-OH is 1. The molecule has 24 heavy (non-hydrogen) atoms. The van der Waals surface area contributed by atoms with Crippen molar-refractivity contribution < 1.29 is 9.84 Å². The lowest BCUT2D eigenvalue weighted by Crippen LogP contribution is -2.01. The van der Waals surface area contributed by atoms with Gasteiger partial charge in [-0.25, -0.2) is 0 Å². The van der Waals surface area contributed by atoms with Crippen LogP contribution in [0.4, 0.5) is 0 Å². The molecule has 0 bridgehead atoms. The molecule has 0 saturated heterocycles. The Hall–Kier alpha value is -1.62. The van der Waals surface area contributed by atoms with Crippen molar-refractivity contribution in [2.75, 3.05) is 12.9 Å². The summed E-state index contributed by atoms with van der Waals surface area (Å²) in [5.74, 6) is 0. The molecule has 0 aliphatic carbocycles. The van der Waals surface area contributed by atoms with Gasteiger partial charge in [0.15, 0.2) is 0 Å². The van der Waals surface area contributed by atoms with Crippen molar-refractivity contribution >= 4 is 23.5 Å². The number of thioether (sulfide) groups is 2. The van der Waals surface area contributed by atoms with E-state index < -0.39 is 6.10 Å². The van der Waals surface area contributed by atoms with Gasteiger partial charge in [-0.2, -0.15) is 0 Å². The third kappa shape index (κ3) is 5.48. The van der Waals surface area contributed by atoms with Crippen LogP contribution in [0.3, 0.4) is 0 Å². The first-order chi connectivity index (χ1) is 11.8. The molecule has 4 heteroatoms. The van der Waals surface area contributed by atoms with Gasteiger partial charge in [0, 0.05) is 14.7 Å². The molecular weight excluding hydrogens is 336 g/mol. The highest BCUT2D eigenvalue weighted by Gasteiger charge is 2.18. The molecule has 2 rings (SSSR count). The summed E-state index contributed by atoms with van der Waals surface area (Å²) in [7, 11) is 0. The molecule has 0 aliphatic heterocycles. The Balaban J connectivity index is 2.39. The summed E-state index contributed by atoms with van der Waals surface area (Å²) in [4.78, 5) is 2.99. The first kappa shape index (κ1) is 18.7. The van der Waals surface area contributed by atoms with Crippen LogP contribution in [0.5, 0.6) is 0 Å². The van der Waals surface area contributed by atoms with Gasteiger partial charge in [0.1, 0.15) is 6.10 Å². The number of rotatable bonds is 8. The van der Waals surface area contributed by atoms with Crippen LogP contribution < -0.4 is 0 Å². The summed E-state index contributed by atoms with van der Waals surface area (Å²) >= 11 is 3.19. The van der Waals surface area contributed by atoms with Crippen molar-refractivity contribution in [3.63, 3.8) is 0 Å². The van der Waals surface area contributed by atoms with E-state index in [-0.39, 0.29) is 0 Å². The Morgan fingerprint density at radius 1 is 1.08 bits per heavy atom. The molecule has 1 unspecified atom stereocenters. The number of hydrogen-bond donors (Lipinski definition) is 1. The normalized spacial score (nSPS) is 13.6. The van der Waals surface area contributed by atoms with Gasteiger partial charge in [0.05, 0.1) is 12.9 Å². The average molecular weight is 359 g/mol. The van der Waals surface area contributed by atoms with Crippen molar-refractivity contribution in [3.8, 4) is 0 Å². The van der Waals surface area contributed by atoms with Gasteiger partial charge in [-0.3, -0.25) is 0 Å². The fourth-order valence-corrected chi connectivity index (χ4v) is 3.94. The van der Waals surface area contributed by atoms with Crippen LogP contribution in [0, 0.1) is 0 Å². The maximum Gasteiger partial charge on any atom is 0.111 e. The summed E-state index contributed by atoms with van der Waals surface area (Å²) in [6.45, 7) is 2.58. The van der Waals surface area contributed by atoms with E-state index in [0.717, 1.165) is 20.3 Å². The molecule has 2 aromatic rings. The zero-order valence-electron chi connectivity index (χ0n) is 13.9. The van der Waals surface area contributed by atoms with Crippen molar-refractivity contribution in [3.05, 3.63) is 88.4 Å². The SMILES string of the molecule is CCO/C=C/C(SC)=C(\Sc1ccccc1)C(O)c1ccccc1. The van der Waals surface area contributed by atoms with Gasteiger partial charge >= 0.3 is 0 Å². The van der Waals surface area contributed by atoms with Gasteiger partial charge in [-0.1, -0.05) is 60.3 Å². The minimum absolute atomic E-state index is 0.626. The van der Waals surface area contributed by atoms with Crippen LogP contribution in [-0.2, 0) is 4.74 Å². The second-order valence-corrected chi connectivity index (χ2v) is 6.88. The molecule has 126 valence electrons. The molecule has 1 N–H and O–H groups in total. The number of benzene rings is 2. The number of ether oxygens (including phenoxy) is 1. The molecule has 0 heterocycles. The predicted octanol–water partition coefficient (Wildman–Crippen LogP) is 5.64. The van der Waals surface area contributed by atoms with Crippen molar-refractivity contribution in [2.45, 2.75) is 17.9 Å². The smallest absolute Gasteiger partial charge is 0.111 e.